The van der Waals surface area contributed by atoms with Crippen molar-refractivity contribution < 1.29 is 13.9 Å². The molecule has 0 fully saturated rings. The van der Waals surface area contributed by atoms with Gasteiger partial charge >= 0.3 is 0 Å². The second-order valence-corrected chi connectivity index (χ2v) is 7.98. The molecule has 170 valence electrons. The average Bonchev–Trinajstić information content (AvgIpc) is 3.36. The summed E-state index contributed by atoms with van der Waals surface area (Å²) in [5.74, 6) is 1.52. The van der Waals surface area contributed by atoms with Crippen LogP contribution in [0.3, 0.4) is 0 Å². The third-order valence-corrected chi connectivity index (χ3v) is 5.79. The Morgan fingerprint density at radius 2 is 2.21 bits per heavy atom. The van der Waals surface area contributed by atoms with Crippen LogP contribution in [0.4, 0.5) is 4.39 Å². The SMILES string of the molecule is C=CC(=CC=CC)c1nc(CC)c2cc(C3CC=CC=C3F)cc(OCC3=CCCO3)c2n1. The van der Waals surface area contributed by atoms with Crippen LogP contribution in [0, 0.1) is 0 Å². The number of fused-ring (bicyclic) bond motifs is 1. The fourth-order valence-electron chi connectivity index (χ4n) is 4.04. The van der Waals surface area contributed by atoms with Crippen LogP contribution in [0.15, 0.2) is 78.9 Å². The number of halogens is 1. The van der Waals surface area contributed by atoms with Gasteiger partial charge in [-0.15, -0.1) is 0 Å². The van der Waals surface area contributed by atoms with Gasteiger partial charge in [-0.1, -0.05) is 50.0 Å². The lowest BCUT2D eigenvalue weighted by molar-refractivity contribution is 0.195. The monoisotopic (exact) mass is 444 g/mol. The maximum absolute atomic E-state index is 14.7. The number of ether oxygens (including phenoxy) is 2. The van der Waals surface area contributed by atoms with Crippen LogP contribution in [0.5, 0.6) is 5.75 Å². The summed E-state index contributed by atoms with van der Waals surface area (Å²) in [5.41, 5.74) is 3.29. The fraction of sp³-hybridized carbons (Fsp3) is 0.286. The van der Waals surface area contributed by atoms with E-state index in [1.54, 1.807) is 12.2 Å². The Bertz CT molecular complexity index is 1200. The summed E-state index contributed by atoms with van der Waals surface area (Å²) in [5, 5.41) is 0.881. The molecule has 4 nitrogen and oxygen atoms in total. The Labute approximate surface area is 194 Å². The fourth-order valence-corrected chi connectivity index (χ4v) is 4.04. The van der Waals surface area contributed by atoms with Crippen molar-refractivity contribution in [2.24, 2.45) is 0 Å². The number of aromatic nitrogens is 2. The molecule has 0 amide bonds. The summed E-state index contributed by atoms with van der Waals surface area (Å²) < 4.78 is 26.5. The molecule has 1 aliphatic carbocycles. The van der Waals surface area contributed by atoms with Gasteiger partial charge in [-0.05, 0) is 49.6 Å². The highest BCUT2D eigenvalue weighted by molar-refractivity contribution is 5.89. The summed E-state index contributed by atoms with van der Waals surface area (Å²) in [7, 11) is 0. The Kier molecular flexibility index (Phi) is 7.18. The Morgan fingerprint density at radius 1 is 1.33 bits per heavy atom. The van der Waals surface area contributed by atoms with Crippen LogP contribution in [-0.2, 0) is 11.2 Å². The van der Waals surface area contributed by atoms with Crippen molar-refractivity contribution in [1.82, 2.24) is 9.97 Å². The van der Waals surface area contributed by atoms with Crippen LogP contribution in [0.1, 0.15) is 49.7 Å². The van der Waals surface area contributed by atoms with E-state index in [1.807, 2.05) is 49.4 Å². The molecule has 0 N–H and O–H groups in total. The summed E-state index contributed by atoms with van der Waals surface area (Å²) in [4.78, 5) is 9.70. The molecule has 1 aromatic heterocycles. The normalized spacial score (nSPS) is 18.4. The quantitative estimate of drug-likeness (QED) is 0.415. The first-order valence-corrected chi connectivity index (χ1v) is 11.4. The third-order valence-electron chi connectivity index (χ3n) is 5.79. The molecule has 0 radical (unpaired) electrons. The summed E-state index contributed by atoms with van der Waals surface area (Å²) >= 11 is 0. The summed E-state index contributed by atoms with van der Waals surface area (Å²) in [6.45, 7) is 8.93. The van der Waals surface area contributed by atoms with E-state index >= 15 is 0 Å². The van der Waals surface area contributed by atoms with E-state index in [2.05, 4.69) is 13.5 Å². The average molecular weight is 445 g/mol. The molecule has 4 rings (SSSR count). The Morgan fingerprint density at radius 3 is 2.91 bits per heavy atom. The predicted molar refractivity (Wildman–Crippen MR) is 132 cm³/mol. The first-order valence-electron chi connectivity index (χ1n) is 11.4. The van der Waals surface area contributed by atoms with Crippen molar-refractivity contribution in [3.05, 3.63) is 96.0 Å². The number of benzene rings is 1. The van der Waals surface area contributed by atoms with Gasteiger partial charge in [0.15, 0.2) is 5.82 Å². The van der Waals surface area contributed by atoms with Crippen molar-refractivity contribution in [3.63, 3.8) is 0 Å². The second kappa shape index (κ2) is 10.4. The van der Waals surface area contributed by atoms with E-state index in [4.69, 9.17) is 19.4 Å². The molecular formula is C28H29FN2O2. The number of hydrogen-bond donors (Lipinski definition) is 0. The number of aryl methyl sites for hydroxylation is 1. The van der Waals surface area contributed by atoms with E-state index < -0.39 is 0 Å². The molecule has 0 saturated heterocycles. The molecule has 2 aromatic rings. The van der Waals surface area contributed by atoms with Gasteiger partial charge in [-0.3, -0.25) is 0 Å². The number of nitrogens with zero attached hydrogens (tertiary/aromatic N) is 2. The molecule has 2 heterocycles. The topological polar surface area (TPSA) is 44.2 Å². The van der Waals surface area contributed by atoms with Crippen LogP contribution < -0.4 is 4.74 Å². The first-order chi connectivity index (χ1) is 16.1. The van der Waals surface area contributed by atoms with Crippen molar-refractivity contribution in [2.75, 3.05) is 13.2 Å². The predicted octanol–water partition coefficient (Wildman–Crippen LogP) is 6.92. The van der Waals surface area contributed by atoms with Crippen LogP contribution in [0.25, 0.3) is 16.5 Å². The zero-order chi connectivity index (χ0) is 23.2. The maximum atomic E-state index is 14.7. The van der Waals surface area contributed by atoms with E-state index in [1.165, 1.54) is 6.08 Å². The lowest BCUT2D eigenvalue weighted by Gasteiger charge is -2.20. The highest BCUT2D eigenvalue weighted by Crippen LogP contribution is 2.38. The molecule has 5 heteroatoms. The number of rotatable bonds is 8. The van der Waals surface area contributed by atoms with Crippen LogP contribution in [-0.4, -0.2) is 23.2 Å². The molecular weight excluding hydrogens is 415 g/mol. The van der Waals surface area contributed by atoms with Crippen molar-refractivity contribution in [3.8, 4) is 5.75 Å². The molecule has 1 aliphatic heterocycles. The van der Waals surface area contributed by atoms with Crippen molar-refractivity contribution in [2.45, 2.75) is 39.0 Å². The molecule has 33 heavy (non-hydrogen) atoms. The van der Waals surface area contributed by atoms with Crippen molar-refractivity contribution >= 4 is 16.5 Å². The molecule has 1 aromatic carbocycles. The van der Waals surface area contributed by atoms with Crippen LogP contribution in [0.2, 0.25) is 0 Å². The smallest absolute Gasteiger partial charge is 0.160 e. The zero-order valence-electron chi connectivity index (χ0n) is 19.2. The molecule has 1 unspecified atom stereocenters. The zero-order valence-corrected chi connectivity index (χ0v) is 19.2. The molecule has 0 bridgehead atoms. The van der Waals surface area contributed by atoms with Gasteiger partial charge in [0.1, 0.15) is 29.5 Å². The maximum Gasteiger partial charge on any atom is 0.160 e. The molecule has 0 saturated carbocycles. The second-order valence-electron chi connectivity index (χ2n) is 7.98. The minimum Gasteiger partial charge on any atom is -0.494 e. The Hall–Kier alpha value is -3.47. The van der Waals surface area contributed by atoms with E-state index in [9.17, 15) is 4.39 Å². The van der Waals surface area contributed by atoms with Gasteiger partial charge in [0, 0.05) is 23.3 Å². The lowest BCUT2D eigenvalue weighted by atomic mass is 9.90. The highest BCUT2D eigenvalue weighted by atomic mass is 19.1. The summed E-state index contributed by atoms with van der Waals surface area (Å²) in [6, 6.07) is 3.92. The van der Waals surface area contributed by atoms with E-state index in [0.717, 1.165) is 34.4 Å². The molecule has 1 atom stereocenters. The van der Waals surface area contributed by atoms with Gasteiger partial charge in [0.2, 0.25) is 0 Å². The van der Waals surface area contributed by atoms with E-state index in [-0.39, 0.29) is 11.7 Å². The minimum atomic E-state index is -0.341. The van der Waals surface area contributed by atoms with E-state index in [0.29, 0.717) is 43.1 Å². The molecule has 2 aliphatic rings. The van der Waals surface area contributed by atoms with Gasteiger partial charge in [0.25, 0.3) is 0 Å². The van der Waals surface area contributed by atoms with Gasteiger partial charge in [0.05, 0.1) is 12.3 Å². The van der Waals surface area contributed by atoms with Crippen molar-refractivity contribution in [1.29, 1.82) is 0 Å². The van der Waals surface area contributed by atoms with Gasteiger partial charge in [-0.2, -0.15) is 0 Å². The third kappa shape index (κ3) is 4.98. The molecule has 0 spiro atoms. The van der Waals surface area contributed by atoms with Gasteiger partial charge < -0.3 is 9.47 Å². The Balaban J connectivity index is 1.87. The summed E-state index contributed by atoms with van der Waals surface area (Å²) in [6.07, 6.45) is 17.1. The number of allylic oxidation sites excluding steroid dienone is 9. The largest absolute Gasteiger partial charge is 0.494 e. The van der Waals surface area contributed by atoms with Crippen LogP contribution >= 0.6 is 0 Å². The standard InChI is InChI=1S/C28H29FN2O2/c1-4-7-11-19(5-2)28-30-25(6-3)23-16-20(22-13-8-9-14-24(22)29)17-26(27(23)31-28)33-18-21-12-10-15-32-21/h4-5,7-9,11-12,14,16-17,22H,2,6,10,13,15,18H2,1,3H3. The first kappa shape index (κ1) is 22.7. The lowest BCUT2D eigenvalue weighted by Crippen LogP contribution is -2.08. The number of hydrogen-bond acceptors (Lipinski definition) is 4. The highest BCUT2D eigenvalue weighted by Gasteiger charge is 2.22. The minimum absolute atomic E-state index is 0.150. The van der Waals surface area contributed by atoms with Gasteiger partial charge in [-0.25, -0.2) is 14.4 Å².